The van der Waals surface area contributed by atoms with Gasteiger partial charge in [-0.25, -0.2) is 0 Å². The molecule has 1 aliphatic rings. The van der Waals surface area contributed by atoms with Crippen molar-refractivity contribution in [2.24, 2.45) is 5.73 Å². The van der Waals surface area contributed by atoms with E-state index in [9.17, 15) is 4.79 Å². The third kappa shape index (κ3) is 5.74. The molecule has 0 radical (unpaired) electrons. The van der Waals surface area contributed by atoms with Crippen molar-refractivity contribution in [3.8, 4) is 0 Å². The van der Waals surface area contributed by atoms with Gasteiger partial charge in [0.05, 0.1) is 12.1 Å². The number of piperidine rings is 1. The molecule has 5 nitrogen and oxygen atoms in total. The minimum absolute atomic E-state index is 0. The van der Waals surface area contributed by atoms with Crippen LogP contribution in [0.5, 0.6) is 0 Å². The lowest BCUT2D eigenvalue weighted by Crippen LogP contribution is -2.44. The summed E-state index contributed by atoms with van der Waals surface area (Å²) in [6, 6.07) is 10.5. The number of benzene rings is 1. The molecule has 3 N–H and O–H groups in total. The summed E-state index contributed by atoms with van der Waals surface area (Å²) >= 11 is 0. The van der Waals surface area contributed by atoms with Crippen LogP contribution in [0.3, 0.4) is 0 Å². The number of likely N-dealkylation sites (tertiary alicyclic amines) is 1. The molecule has 144 valence electrons. The minimum atomic E-state index is -0.0733. The van der Waals surface area contributed by atoms with Crippen LogP contribution in [-0.4, -0.2) is 29.9 Å². The molecule has 0 bridgehead atoms. The maximum Gasteiger partial charge on any atom is 0.254 e. The first kappa shape index (κ1) is 22.5. The Kier molecular flexibility index (Phi) is 9.16. The third-order valence-electron chi connectivity index (χ3n) is 4.70. The number of rotatable bonds is 5. The summed E-state index contributed by atoms with van der Waals surface area (Å²) in [5.41, 5.74) is 8.78. The van der Waals surface area contributed by atoms with E-state index in [1.165, 1.54) is 17.4 Å². The van der Waals surface area contributed by atoms with E-state index in [2.05, 4.69) is 41.4 Å². The quantitative estimate of drug-likeness (QED) is 0.808. The first-order chi connectivity index (χ1) is 11.7. The Bertz CT molecular complexity index is 698. The second kappa shape index (κ2) is 10.6. The molecule has 3 rings (SSSR count). The number of carbonyl (C=O) groups excluding carboxylic acids is 1. The van der Waals surface area contributed by atoms with Crippen molar-refractivity contribution >= 4 is 30.7 Å². The average molecular weight is 400 g/mol. The van der Waals surface area contributed by atoms with E-state index in [1.54, 1.807) is 6.07 Å². The van der Waals surface area contributed by atoms with Crippen LogP contribution in [0.25, 0.3) is 0 Å². The predicted octanol–water partition coefficient (Wildman–Crippen LogP) is 3.28. The molecule has 0 atom stereocenters. The van der Waals surface area contributed by atoms with E-state index in [4.69, 9.17) is 10.2 Å². The number of amides is 1. The van der Waals surface area contributed by atoms with Gasteiger partial charge in [-0.05, 0) is 37.0 Å². The van der Waals surface area contributed by atoms with Gasteiger partial charge in [-0.2, -0.15) is 0 Å². The molecule has 1 fully saturated rings. The molecule has 2 heterocycles. The zero-order valence-corrected chi connectivity index (χ0v) is 16.6. The summed E-state index contributed by atoms with van der Waals surface area (Å²) in [6.07, 6.45) is 3.42. The molecule has 0 aliphatic carbocycles. The summed E-state index contributed by atoms with van der Waals surface area (Å²) < 4.78 is 5.22. The molecule has 2 aromatic rings. The molecule has 1 aromatic carbocycles. The number of nitrogens with zero attached hydrogens (tertiary/aromatic N) is 1. The topological polar surface area (TPSA) is 71.5 Å². The van der Waals surface area contributed by atoms with Crippen LogP contribution in [0.15, 0.2) is 41.0 Å². The number of aryl methyl sites for hydroxylation is 1. The Hall–Kier alpha value is -1.53. The van der Waals surface area contributed by atoms with Gasteiger partial charge < -0.3 is 15.5 Å². The van der Waals surface area contributed by atoms with Crippen LogP contribution in [0.2, 0.25) is 0 Å². The van der Waals surface area contributed by atoms with Crippen molar-refractivity contribution in [1.82, 2.24) is 10.2 Å². The van der Waals surface area contributed by atoms with E-state index >= 15 is 0 Å². The Labute approximate surface area is 167 Å². The highest BCUT2D eigenvalue weighted by Gasteiger charge is 2.22. The average Bonchev–Trinajstić information content (AvgIpc) is 3.08. The zero-order chi connectivity index (χ0) is 16.9. The fourth-order valence-corrected chi connectivity index (χ4v) is 3.14. The number of halogens is 2. The van der Waals surface area contributed by atoms with E-state index in [-0.39, 0.29) is 36.8 Å². The molecule has 1 amide bonds. The zero-order valence-electron chi connectivity index (χ0n) is 14.9. The van der Waals surface area contributed by atoms with E-state index in [0.717, 1.165) is 32.5 Å². The van der Waals surface area contributed by atoms with Gasteiger partial charge in [0.15, 0.2) is 0 Å². The van der Waals surface area contributed by atoms with Crippen LogP contribution >= 0.6 is 24.8 Å². The van der Waals surface area contributed by atoms with Crippen molar-refractivity contribution < 1.29 is 9.21 Å². The van der Waals surface area contributed by atoms with E-state index < -0.39 is 0 Å². The molecule has 7 heteroatoms. The van der Waals surface area contributed by atoms with Crippen molar-refractivity contribution in [2.45, 2.75) is 38.9 Å². The number of carbonyl (C=O) groups is 1. The maximum absolute atomic E-state index is 12.2. The van der Waals surface area contributed by atoms with Gasteiger partial charge in [-0.15, -0.1) is 24.8 Å². The minimum Gasteiger partial charge on any atom is -0.467 e. The molecule has 0 spiro atoms. The van der Waals surface area contributed by atoms with Crippen LogP contribution in [-0.2, 0) is 13.1 Å². The monoisotopic (exact) mass is 399 g/mol. The summed E-state index contributed by atoms with van der Waals surface area (Å²) in [5, 5.41) is 3.10. The molecule has 0 unspecified atom stereocenters. The number of furan rings is 1. The lowest BCUT2D eigenvalue weighted by Gasteiger charge is -2.32. The normalized spacial score (nSPS) is 15.0. The first-order valence-corrected chi connectivity index (χ1v) is 8.51. The van der Waals surface area contributed by atoms with Gasteiger partial charge in [-0.1, -0.05) is 24.3 Å². The number of hydrogen-bond acceptors (Lipinski definition) is 4. The number of nitrogens with one attached hydrogen (secondary N) is 1. The first-order valence-electron chi connectivity index (χ1n) is 8.51. The van der Waals surface area contributed by atoms with Gasteiger partial charge in [0.1, 0.15) is 12.0 Å². The fraction of sp³-hybridized carbons (Fsp3) is 0.421. The number of nitrogens with two attached hydrogens (primary N) is 1. The number of hydrogen-bond donors (Lipinski definition) is 2. The van der Waals surface area contributed by atoms with Crippen molar-refractivity contribution in [1.29, 1.82) is 0 Å². The highest BCUT2D eigenvalue weighted by Crippen LogP contribution is 2.17. The second-order valence-corrected chi connectivity index (χ2v) is 6.46. The van der Waals surface area contributed by atoms with Gasteiger partial charge in [0.25, 0.3) is 5.91 Å². The van der Waals surface area contributed by atoms with Crippen LogP contribution < -0.4 is 11.1 Å². The molecular formula is C19H27Cl2N3O2. The highest BCUT2D eigenvalue weighted by atomic mass is 35.5. The van der Waals surface area contributed by atoms with Crippen LogP contribution in [0.1, 0.15) is 40.1 Å². The summed E-state index contributed by atoms with van der Waals surface area (Å²) in [5.74, 6) is 0.559. The predicted molar refractivity (Wildman–Crippen MR) is 108 cm³/mol. The lowest BCUT2D eigenvalue weighted by molar-refractivity contribution is 0.0908. The summed E-state index contributed by atoms with van der Waals surface area (Å²) in [4.78, 5) is 14.7. The van der Waals surface area contributed by atoms with Gasteiger partial charge in [0.2, 0.25) is 0 Å². The SMILES string of the molecule is Cc1ccccc1CN1CCC(NC(=O)c2coc(CN)c2)CC1.Cl.Cl. The van der Waals surface area contributed by atoms with Gasteiger partial charge in [0, 0.05) is 25.7 Å². The largest absolute Gasteiger partial charge is 0.467 e. The molecule has 26 heavy (non-hydrogen) atoms. The summed E-state index contributed by atoms with van der Waals surface area (Å²) in [7, 11) is 0. The van der Waals surface area contributed by atoms with Crippen molar-refractivity contribution in [2.75, 3.05) is 13.1 Å². The van der Waals surface area contributed by atoms with Crippen LogP contribution in [0, 0.1) is 6.92 Å². The lowest BCUT2D eigenvalue weighted by atomic mass is 10.0. The molecule has 0 saturated carbocycles. The van der Waals surface area contributed by atoms with Crippen molar-refractivity contribution in [3.63, 3.8) is 0 Å². The highest BCUT2D eigenvalue weighted by molar-refractivity contribution is 5.94. The molecule has 1 aromatic heterocycles. The third-order valence-corrected chi connectivity index (χ3v) is 4.70. The maximum atomic E-state index is 12.2. The molecule has 1 aliphatic heterocycles. The molecular weight excluding hydrogens is 373 g/mol. The fourth-order valence-electron chi connectivity index (χ4n) is 3.14. The Morgan fingerprint density at radius 2 is 1.96 bits per heavy atom. The second-order valence-electron chi connectivity index (χ2n) is 6.46. The van der Waals surface area contributed by atoms with Gasteiger partial charge >= 0.3 is 0 Å². The standard InChI is InChI=1S/C19H25N3O2.2ClH/c1-14-4-2-3-5-15(14)12-22-8-6-17(7-9-22)21-19(23)16-10-18(11-20)24-13-16;;/h2-5,10,13,17H,6-9,11-12,20H2,1H3,(H,21,23);2*1H. The van der Waals surface area contributed by atoms with E-state index in [0.29, 0.717) is 17.9 Å². The Balaban J connectivity index is 0.00000169. The van der Waals surface area contributed by atoms with Gasteiger partial charge in [-0.3, -0.25) is 9.69 Å². The van der Waals surface area contributed by atoms with Crippen LogP contribution in [0.4, 0.5) is 0 Å². The van der Waals surface area contributed by atoms with E-state index in [1.807, 2.05) is 0 Å². The molecule has 1 saturated heterocycles. The Morgan fingerprint density at radius 1 is 1.27 bits per heavy atom. The Morgan fingerprint density at radius 3 is 2.58 bits per heavy atom. The summed E-state index contributed by atoms with van der Waals surface area (Å²) in [6.45, 7) is 5.44. The smallest absolute Gasteiger partial charge is 0.254 e. The van der Waals surface area contributed by atoms with Crippen molar-refractivity contribution in [3.05, 3.63) is 59.0 Å².